The zero-order valence-electron chi connectivity index (χ0n) is 8.76. The Labute approximate surface area is 94.2 Å². The molecule has 0 saturated carbocycles. The van der Waals surface area contributed by atoms with Crippen molar-refractivity contribution in [1.82, 2.24) is 0 Å². The number of aldehydes is 1. The second kappa shape index (κ2) is 4.43. The lowest BCUT2D eigenvalue weighted by molar-refractivity contribution is -0.289. The fourth-order valence-corrected chi connectivity index (χ4v) is 1.24. The molecule has 0 amide bonds. The van der Waals surface area contributed by atoms with Gasteiger partial charge in [0.05, 0.1) is 0 Å². The molecule has 1 aromatic carbocycles. The standard InChI is InChI=1S/C11H9F5O/c1-7(6-17)8-2-4-9(5-3-8)10(12,13)11(14,15)16/h2-7H,1H3. The van der Waals surface area contributed by atoms with Crippen LogP contribution in [0.4, 0.5) is 22.0 Å². The summed E-state index contributed by atoms with van der Waals surface area (Å²) in [6.45, 7) is 1.52. The fourth-order valence-electron chi connectivity index (χ4n) is 1.24. The van der Waals surface area contributed by atoms with Crippen LogP contribution in [0, 0.1) is 0 Å². The second-order valence-electron chi connectivity index (χ2n) is 3.62. The van der Waals surface area contributed by atoms with Gasteiger partial charge in [-0.3, -0.25) is 0 Å². The molecule has 0 saturated heterocycles. The lowest BCUT2D eigenvalue weighted by Crippen LogP contribution is -2.33. The molecule has 17 heavy (non-hydrogen) atoms. The van der Waals surface area contributed by atoms with Gasteiger partial charge in [-0.25, -0.2) is 0 Å². The van der Waals surface area contributed by atoms with Gasteiger partial charge in [-0.2, -0.15) is 22.0 Å². The van der Waals surface area contributed by atoms with Gasteiger partial charge in [-0.15, -0.1) is 0 Å². The number of hydrogen-bond donors (Lipinski definition) is 0. The van der Waals surface area contributed by atoms with Gasteiger partial charge in [-0.1, -0.05) is 31.2 Å². The zero-order valence-corrected chi connectivity index (χ0v) is 8.76. The highest BCUT2D eigenvalue weighted by Crippen LogP contribution is 2.43. The Hall–Kier alpha value is -1.46. The molecule has 0 fully saturated rings. The molecule has 0 bridgehead atoms. The number of carbonyl (C=O) groups excluding carboxylic acids is 1. The molecule has 0 aliphatic rings. The molecule has 0 radical (unpaired) electrons. The van der Waals surface area contributed by atoms with E-state index in [0.717, 1.165) is 12.1 Å². The highest BCUT2D eigenvalue weighted by Gasteiger charge is 2.58. The first-order valence-electron chi connectivity index (χ1n) is 4.70. The molecule has 94 valence electrons. The third-order valence-electron chi connectivity index (χ3n) is 2.36. The summed E-state index contributed by atoms with van der Waals surface area (Å²) in [6.07, 6.45) is -5.04. The van der Waals surface area contributed by atoms with Crippen molar-refractivity contribution in [2.75, 3.05) is 0 Å². The van der Waals surface area contributed by atoms with E-state index >= 15 is 0 Å². The topological polar surface area (TPSA) is 17.1 Å². The summed E-state index contributed by atoms with van der Waals surface area (Å²) >= 11 is 0. The molecule has 1 rings (SSSR count). The van der Waals surface area contributed by atoms with Crippen molar-refractivity contribution >= 4 is 6.29 Å². The van der Waals surface area contributed by atoms with Gasteiger partial charge in [-0.05, 0) is 5.56 Å². The van der Waals surface area contributed by atoms with E-state index in [-0.39, 0.29) is 0 Å². The number of alkyl halides is 5. The number of rotatable bonds is 3. The summed E-state index contributed by atoms with van der Waals surface area (Å²) in [7, 11) is 0. The predicted molar refractivity (Wildman–Crippen MR) is 50.9 cm³/mol. The summed E-state index contributed by atoms with van der Waals surface area (Å²) in [6, 6.07) is 3.55. The van der Waals surface area contributed by atoms with Crippen LogP contribution in [0.2, 0.25) is 0 Å². The smallest absolute Gasteiger partial charge is 0.303 e. The molecule has 1 aromatic rings. The number of halogens is 5. The van der Waals surface area contributed by atoms with Crippen LogP contribution in [0.1, 0.15) is 24.0 Å². The Balaban J connectivity index is 3.07. The summed E-state index contributed by atoms with van der Waals surface area (Å²) in [5.74, 6) is -5.42. The SMILES string of the molecule is CC(C=O)c1ccc(C(F)(F)C(F)(F)F)cc1. The first-order valence-corrected chi connectivity index (χ1v) is 4.70. The summed E-state index contributed by atoms with van der Waals surface area (Å²) in [5, 5.41) is 0. The third kappa shape index (κ3) is 2.62. The van der Waals surface area contributed by atoms with E-state index in [1.54, 1.807) is 0 Å². The van der Waals surface area contributed by atoms with Crippen molar-refractivity contribution in [3.05, 3.63) is 35.4 Å². The van der Waals surface area contributed by atoms with E-state index in [9.17, 15) is 26.7 Å². The lowest BCUT2D eigenvalue weighted by Gasteiger charge is -2.20. The molecular formula is C11H9F5O. The van der Waals surface area contributed by atoms with Crippen LogP contribution in [-0.4, -0.2) is 12.5 Å². The molecule has 1 atom stereocenters. The molecule has 0 aliphatic carbocycles. The lowest BCUT2D eigenvalue weighted by atomic mass is 9.99. The largest absolute Gasteiger partial charge is 0.458 e. The molecule has 1 nitrogen and oxygen atoms in total. The molecule has 1 unspecified atom stereocenters. The quantitative estimate of drug-likeness (QED) is 0.593. The van der Waals surface area contributed by atoms with Gasteiger partial charge in [0, 0.05) is 11.5 Å². The molecule has 6 heteroatoms. The van der Waals surface area contributed by atoms with E-state index in [4.69, 9.17) is 0 Å². The van der Waals surface area contributed by atoms with Crippen molar-refractivity contribution in [3.63, 3.8) is 0 Å². The van der Waals surface area contributed by atoms with Crippen LogP contribution in [0.25, 0.3) is 0 Å². The van der Waals surface area contributed by atoms with E-state index in [1.807, 2.05) is 0 Å². The Morgan fingerprint density at radius 2 is 1.53 bits per heavy atom. The van der Waals surface area contributed by atoms with Gasteiger partial charge in [0.2, 0.25) is 0 Å². The van der Waals surface area contributed by atoms with Gasteiger partial charge in [0.15, 0.2) is 0 Å². The maximum absolute atomic E-state index is 12.9. The highest BCUT2D eigenvalue weighted by atomic mass is 19.4. The monoisotopic (exact) mass is 252 g/mol. The Bertz CT molecular complexity index is 393. The molecule has 0 heterocycles. The van der Waals surface area contributed by atoms with Crippen LogP contribution in [-0.2, 0) is 10.7 Å². The van der Waals surface area contributed by atoms with Crippen LogP contribution in [0.15, 0.2) is 24.3 Å². The fraction of sp³-hybridized carbons (Fsp3) is 0.364. The first kappa shape index (κ1) is 13.6. The molecular weight excluding hydrogens is 243 g/mol. The van der Waals surface area contributed by atoms with Gasteiger partial charge < -0.3 is 4.79 Å². The molecule has 0 spiro atoms. The molecule has 0 aliphatic heterocycles. The molecule has 0 aromatic heterocycles. The maximum atomic E-state index is 12.9. The zero-order chi connectivity index (χ0) is 13.3. The maximum Gasteiger partial charge on any atom is 0.458 e. The average Bonchev–Trinajstić information content (AvgIpc) is 2.26. The second-order valence-corrected chi connectivity index (χ2v) is 3.62. The van der Waals surface area contributed by atoms with E-state index < -0.39 is 23.6 Å². The minimum absolute atomic E-state index is 0.390. The highest BCUT2D eigenvalue weighted by molar-refractivity contribution is 5.61. The van der Waals surface area contributed by atoms with Crippen molar-refractivity contribution < 1.29 is 26.7 Å². The van der Waals surface area contributed by atoms with Gasteiger partial charge in [0.25, 0.3) is 0 Å². The molecule has 0 N–H and O–H groups in total. The van der Waals surface area contributed by atoms with Crippen LogP contribution in [0.3, 0.4) is 0 Å². The number of hydrogen-bond acceptors (Lipinski definition) is 1. The van der Waals surface area contributed by atoms with Crippen molar-refractivity contribution in [1.29, 1.82) is 0 Å². The first-order chi connectivity index (χ1) is 7.70. The summed E-state index contributed by atoms with van der Waals surface area (Å²) in [4.78, 5) is 10.4. The average molecular weight is 252 g/mol. The van der Waals surface area contributed by atoms with E-state index in [2.05, 4.69) is 0 Å². The van der Waals surface area contributed by atoms with Crippen LogP contribution in [0.5, 0.6) is 0 Å². The minimum atomic E-state index is -5.62. The Morgan fingerprint density at radius 3 is 1.88 bits per heavy atom. The Morgan fingerprint density at radius 1 is 1.06 bits per heavy atom. The van der Waals surface area contributed by atoms with Gasteiger partial charge in [0.1, 0.15) is 6.29 Å². The van der Waals surface area contributed by atoms with Crippen molar-refractivity contribution in [3.8, 4) is 0 Å². The van der Waals surface area contributed by atoms with Gasteiger partial charge >= 0.3 is 12.1 Å². The summed E-state index contributed by atoms with van der Waals surface area (Å²) in [5.41, 5.74) is -0.742. The van der Waals surface area contributed by atoms with E-state index in [0.29, 0.717) is 24.0 Å². The third-order valence-corrected chi connectivity index (χ3v) is 2.36. The Kier molecular flexibility index (Phi) is 3.54. The predicted octanol–water partition coefficient (Wildman–Crippen LogP) is 3.64. The summed E-state index contributed by atoms with van der Waals surface area (Å²) < 4.78 is 61.9. The minimum Gasteiger partial charge on any atom is -0.303 e. The van der Waals surface area contributed by atoms with E-state index in [1.165, 1.54) is 6.92 Å². The van der Waals surface area contributed by atoms with Crippen LogP contribution < -0.4 is 0 Å². The van der Waals surface area contributed by atoms with Crippen molar-refractivity contribution in [2.24, 2.45) is 0 Å². The number of benzene rings is 1. The number of carbonyl (C=O) groups is 1. The van der Waals surface area contributed by atoms with Crippen LogP contribution >= 0.6 is 0 Å². The normalized spacial score (nSPS) is 14.5. The van der Waals surface area contributed by atoms with Crippen molar-refractivity contribution in [2.45, 2.75) is 24.9 Å².